The van der Waals surface area contributed by atoms with Gasteiger partial charge in [-0.25, -0.2) is 4.79 Å². The Hall–Kier alpha value is -3.96. The van der Waals surface area contributed by atoms with Crippen molar-refractivity contribution in [1.82, 2.24) is 14.9 Å². The third-order valence-electron chi connectivity index (χ3n) is 7.19. The van der Waals surface area contributed by atoms with Crippen LogP contribution < -0.4 is 27.1 Å². The van der Waals surface area contributed by atoms with Crippen LogP contribution in [0.25, 0.3) is 0 Å². The summed E-state index contributed by atoms with van der Waals surface area (Å²) >= 11 is 0. The zero-order valence-electron chi connectivity index (χ0n) is 23.9. The summed E-state index contributed by atoms with van der Waals surface area (Å²) in [5, 5.41) is 14.4. The number of carbonyl (C=O) groups excluding carboxylic acids is 1. The fourth-order valence-corrected chi connectivity index (χ4v) is 9.72. The van der Waals surface area contributed by atoms with Crippen molar-refractivity contribution in [3.8, 4) is 11.8 Å². The molecule has 2 aromatic carbocycles. The van der Waals surface area contributed by atoms with E-state index in [-0.39, 0.29) is 29.4 Å². The first-order chi connectivity index (χ1) is 20.2. The quantitative estimate of drug-likeness (QED) is 0.275. The lowest BCUT2D eigenvalue weighted by molar-refractivity contribution is -0.173. The number of nitrogens with two attached hydrogens (primary N) is 1. The van der Waals surface area contributed by atoms with E-state index in [1.807, 2.05) is 36.4 Å². The van der Waals surface area contributed by atoms with Gasteiger partial charge < -0.3 is 25.3 Å². The van der Waals surface area contributed by atoms with Crippen LogP contribution in [-0.2, 0) is 14.0 Å². The van der Waals surface area contributed by atoms with Crippen LogP contribution in [0.4, 0.5) is 19.0 Å². The number of hydrogen-bond acceptors (Lipinski definition) is 7. The number of carbonyl (C=O) groups is 1. The number of aliphatic hydroxyl groups is 1. The number of anilines is 1. The fraction of sp³-hybridized carbons (Fsp3) is 0.367. The van der Waals surface area contributed by atoms with Gasteiger partial charge in [-0.15, -0.1) is 0 Å². The van der Waals surface area contributed by atoms with Crippen LogP contribution in [-0.4, -0.2) is 60.4 Å². The SMILES string of the molecule is CC(C)(C)[Si](OC[C@H]1O[C@@H](n2cc(C#CCNC(=O)C(F)(F)F)c(N)nc2=O)C[C@@H]1O)(c1ccccc1)c1ccccc1. The number of nitrogen functional groups attached to an aromatic ring is 1. The van der Waals surface area contributed by atoms with E-state index in [9.17, 15) is 27.9 Å². The summed E-state index contributed by atoms with van der Waals surface area (Å²) < 4.78 is 51.3. The van der Waals surface area contributed by atoms with Gasteiger partial charge in [0, 0.05) is 12.6 Å². The number of nitrogens with zero attached hydrogens (tertiary/aromatic N) is 2. The molecule has 1 fully saturated rings. The van der Waals surface area contributed by atoms with E-state index in [0.29, 0.717) is 0 Å². The van der Waals surface area contributed by atoms with Crippen LogP contribution in [0.1, 0.15) is 39.0 Å². The highest BCUT2D eigenvalue weighted by Crippen LogP contribution is 2.38. The van der Waals surface area contributed by atoms with E-state index < -0.39 is 51.1 Å². The molecule has 1 amide bonds. The van der Waals surface area contributed by atoms with Crippen molar-refractivity contribution in [2.24, 2.45) is 0 Å². The molecule has 1 aliphatic rings. The largest absolute Gasteiger partial charge is 0.471 e. The summed E-state index contributed by atoms with van der Waals surface area (Å²) in [5.41, 5.74) is 5.10. The molecule has 0 saturated carbocycles. The molecule has 9 nitrogen and oxygen atoms in total. The van der Waals surface area contributed by atoms with E-state index >= 15 is 0 Å². The lowest BCUT2D eigenvalue weighted by atomic mass is 10.2. The van der Waals surface area contributed by atoms with Gasteiger partial charge in [0.15, 0.2) is 0 Å². The zero-order chi connectivity index (χ0) is 31.4. The number of amides is 1. The van der Waals surface area contributed by atoms with Gasteiger partial charge in [-0.2, -0.15) is 18.2 Å². The van der Waals surface area contributed by atoms with Crippen molar-refractivity contribution in [3.05, 3.63) is 82.9 Å². The van der Waals surface area contributed by atoms with Crippen molar-refractivity contribution in [1.29, 1.82) is 0 Å². The number of ether oxygens (including phenoxy) is 1. The second-order valence-corrected chi connectivity index (χ2v) is 15.4. The average Bonchev–Trinajstić information content (AvgIpc) is 3.32. The maximum absolute atomic E-state index is 12.7. The molecule has 0 aliphatic carbocycles. The summed E-state index contributed by atoms with van der Waals surface area (Å²) in [6.07, 6.45) is -6.38. The zero-order valence-corrected chi connectivity index (χ0v) is 24.9. The van der Waals surface area contributed by atoms with E-state index in [1.165, 1.54) is 6.20 Å². The van der Waals surface area contributed by atoms with Crippen LogP contribution >= 0.6 is 0 Å². The molecule has 1 saturated heterocycles. The van der Waals surface area contributed by atoms with Gasteiger partial charge >= 0.3 is 17.8 Å². The molecule has 0 unspecified atom stereocenters. The minimum Gasteiger partial charge on any atom is -0.405 e. The topological polar surface area (TPSA) is 129 Å². The number of alkyl halides is 3. The normalized spacial score (nSPS) is 19.0. The first-order valence-corrected chi connectivity index (χ1v) is 15.5. The van der Waals surface area contributed by atoms with E-state index in [4.69, 9.17) is 14.9 Å². The summed E-state index contributed by atoms with van der Waals surface area (Å²) in [5.74, 6) is 2.51. The third kappa shape index (κ3) is 6.99. The van der Waals surface area contributed by atoms with Crippen LogP contribution in [0.3, 0.4) is 0 Å². The fourth-order valence-electron chi connectivity index (χ4n) is 5.15. The Morgan fingerprint density at radius 1 is 1.14 bits per heavy atom. The first-order valence-electron chi connectivity index (χ1n) is 13.5. The van der Waals surface area contributed by atoms with Gasteiger partial charge in [0.05, 0.1) is 24.8 Å². The standard InChI is InChI=1S/C30H33F3N4O5Si/c1-29(2,3)43(21-12-6-4-7-13-21,22-14-8-5-9-15-22)41-19-24-23(38)17-25(42-24)37-18-20(26(34)36-28(37)40)11-10-16-35-27(39)30(31,32)33/h4-9,12-15,18,23-25,38H,16-17,19H2,1-3H3,(H,35,39)(H2,34,36,40)/t23-,24+,25+/m0/s1. The third-order valence-corrected chi connectivity index (χ3v) is 12.2. The van der Waals surface area contributed by atoms with Crippen LogP contribution in [0, 0.1) is 11.8 Å². The molecule has 0 spiro atoms. The van der Waals surface area contributed by atoms with Crippen molar-refractivity contribution in [3.63, 3.8) is 0 Å². The first kappa shape index (κ1) is 32.0. The summed E-state index contributed by atoms with van der Waals surface area (Å²) in [7, 11) is -2.92. The Labute approximate surface area is 248 Å². The molecule has 4 N–H and O–H groups in total. The van der Waals surface area contributed by atoms with Gasteiger partial charge in [-0.1, -0.05) is 93.3 Å². The van der Waals surface area contributed by atoms with Gasteiger partial charge in [0.25, 0.3) is 8.32 Å². The summed E-state index contributed by atoms with van der Waals surface area (Å²) in [6.45, 7) is 5.84. The van der Waals surface area contributed by atoms with Gasteiger partial charge in [-0.05, 0) is 15.4 Å². The molecule has 3 aromatic rings. The van der Waals surface area contributed by atoms with Crippen LogP contribution in [0.2, 0.25) is 5.04 Å². The Bertz CT molecular complexity index is 1510. The van der Waals surface area contributed by atoms with E-state index in [1.54, 1.807) is 5.32 Å². The van der Waals surface area contributed by atoms with Crippen molar-refractivity contribution >= 4 is 30.4 Å². The van der Waals surface area contributed by atoms with Crippen molar-refractivity contribution < 1.29 is 32.2 Å². The molecule has 13 heteroatoms. The summed E-state index contributed by atoms with van der Waals surface area (Å²) in [4.78, 5) is 27.4. The maximum Gasteiger partial charge on any atom is 0.471 e. The Kier molecular flexibility index (Phi) is 9.46. The Morgan fingerprint density at radius 3 is 2.26 bits per heavy atom. The molecule has 1 aromatic heterocycles. The number of benzene rings is 2. The van der Waals surface area contributed by atoms with Crippen LogP contribution in [0.15, 0.2) is 71.7 Å². The predicted octanol–water partition coefficient (Wildman–Crippen LogP) is 2.08. The molecular weight excluding hydrogens is 581 g/mol. The van der Waals surface area contributed by atoms with Crippen molar-refractivity contribution in [2.45, 2.75) is 56.8 Å². The second-order valence-electron chi connectivity index (χ2n) is 11.1. The predicted molar refractivity (Wildman–Crippen MR) is 157 cm³/mol. The van der Waals surface area contributed by atoms with Gasteiger partial charge in [0.1, 0.15) is 18.1 Å². The maximum atomic E-state index is 12.7. The molecule has 4 rings (SSSR count). The molecule has 0 bridgehead atoms. The van der Waals surface area contributed by atoms with Crippen LogP contribution in [0.5, 0.6) is 0 Å². The monoisotopic (exact) mass is 614 g/mol. The molecule has 43 heavy (non-hydrogen) atoms. The molecule has 228 valence electrons. The average molecular weight is 615 g/mol. The second kappa shape index (κ2) is 12.7. The molecule has 2 heterocycles. The molecule has 1 aliphatic heterocycles. The highest BCUT2D eigenvalue weighted by molar-refractivity contribution is 6.99. The lowest BCUT2D eigenvalue weighted by Crippen LogP contribution is -2.67. The highest BCUT2D eigenvalue weighted by atomic mass is 28.4. The minimum atomic E-state index is -5.03. The minimum absolute atomic E-state index is 0.0472. The van der Waals surface area contributed by atoms with Gasteiger partial charge in [0.2, 0.25) is 0 Å². The van der Waals surface area contributed by atoms with E-state index in [2.05, 4.69) is 61.9 Å². The molecule has 0 radical (unpaired) electrons. The number of rotatable bonds is 7. The Morgan fingerprint density at radius 2 is 1.72 bits per heavy atom. The number of hydrogen-bond donors (Lipinski definition) is 3. The van der Waals surface area contributed by atoms with Crippen molar-refractivity contribution in [2.75, 3.05) is 18.9 Å². The van der Waals surface area contributed by atoms with Gasteiger partial charge in [-0.3, -0.25) is 9.36 Å². The number of aromatic nitrogens is 2. The lowest BCUT2D eigenvalue weighted by Gasteiger charge is -2.43. The smallest absolute Gasteiger partial charge is 0.405 e. The molecular formula is C30H33F3N4O5Si. The highest BCUT2D eigenvalue weighted by Gasteiger charge is 2.51. The number of aliphatic hydroxyl groups excluding tert-OH is 1. The van der Waals surface area contributed by atoms with E-state index in [0.717, 1.165) is 14.9 Å². The number of nitrogens with one attached hydrogen (secondary N) is 1. The molecule has 3 atom stereocenters. The number of halogens is 3. The Balaban J connectivity index is 1.56. The summed E-state index contributed by atoms with van der Waals surface area (Å²) in [6, 6.07) is 20.0.